The van der Waals surface area contributed by atoms with Crippen molar-refractivity contribution in [2.75, 3.05) is 4.90 Å². The Bertz CT molecular complexity index is 2690. The summed E-state index contributed by atoms with van der Waals surface area (Å²) in [5, 5.41) is 7.54. The molecule has 0 radical (unpaired) electrons. The Kier molecular flexibility index (Phi) is 5.95. The third kappa shape index (κ3) is 4.07. The summed E-state index contributed by atoms with van der Waals surface area (Å²) in [6, 6.07) is 62.4. The molecular formula is C47H34N2. The second-order valence-corrected chi connectivity index (χ2v) is 13.8. The van der Waals surface area contributed by atoms with Crippen molar-refractivity contribution in [1.29, 1.82) is 0 Å². The summed E-state index contributed by atoms with van der Waals surface area (Å²) in [7, 11) is 0. The molecule has 1 aliphatic rings. The van der Waals surface area contributed by atoms with Crippen LogP contribution in [-0.4, -0.2) is 4.57 Å². The molecule has 0 unspecified atom stereocenters. The molecule has 0 bridgehead atoms. The maximum absolute atomic E-state index is 2.46. The summed E-state index contributed by atoms with van der Waals surface area (Å²) in [6.45, 7) is 4.72. The minimum Gasteiger partial charge on any atom is -0.310 e. The lowest BCUT2D eigenvalue weighted by molar-refractivity contribution is 0.660. The highest BCUT2D eigenvalue weighted by Gasteiger charge is 2.35. The second kappa shape index (κ2) is 10.4. The van der Waals surface area contributed by atoms with Gasteiger partial charge in [-0.05, 0) is 93.0 Å². The Morgan fingerprint density at radius 2 is 1.04 bits per heavy atom. The Labute approximate surface area is 286 Å². The lowest BCUT2D eigenvalue weighted by Crippen LogP contribution is -2.16. The average molecular weight is 627 g/mol. The van der Waals surface area contributed by atoms with Gasteiger partial charge in [0.1, 0.15) is 0 Å². The summed E-state index contributed by atoms with van der Waals surface area (Å²) in [6.07, 6.45) is 0. The number of hydrogen-bond acceptors (Lipinski definition) is 1. The van der Waals surface area contributed by atoms with Gasteiger partial charge in [0.25, 0.3) is 0 Å². The van der Waals surface area contributed by atoms with Gasteiger partial charge in [0.2, 0.25) is 0 Å². The van der Waals surface area contributed by atoms with Gasteiger partial charge < -0.3 is 9.47 Å². The van der Waals surface area contributed by atoms with Crippen LogP contribution in [0.1, 0.15) is 25.0 Å². The number of para-hydroxylation sites is 2. The average Bonchev–Trinajstić information content (AvgIpc) is 3.61. The predicted octanol–water partition coefficient (Wildman–Crippen LogP) is 12.9. The molecule has 2 nitrogen and oxygen atoms in total. The maximum Gasteiger partial charge on any atom is 0.0546 e. The highest BCUT2D eigenvalue weighted by atomic mass is 15.1. The van der Waals surface area contributed by atoms with E-state index in [1.54, 1.807) is 0 Å². The molecule has 232 valence electrons. The number of anilines is 3. The fourth-order valence-corrected chi connectivity index (χ4v) is 8.44. The molecule has 0 saturated carbocycles. The van der Waals surface area contributed by atoms with Crippen molar-refractivity contribution in [2.24, 2.45) is 0 Å². The van der Waals surface area contributed by atoms with Crippen LogP contribution in [0.2, 0.25) is 0 Å². The SMILES string of the molecule is CC1(C)c2ccccc2-c2ccc(N(c3ccc(-n4c5ccccc5c5ccccc54)cc3)c3cccc4ccc5ccccc5c34)cc21. The molecule has 0 spiro atoms. The van der Waals surface area contributed by atoms with Crippen molar-refractivity contribution in [1.82, 2.24) is 4.57 Å². The summed E-state index contributed by atoms with van der Waals surface area (Å²) in [4.78, 5) is 2.46. The van der Waals surface area contributed by atoms with Gasteiger partial charge in [0.15, 0.2) is 0 Å². The molecule has 0 saturated heterocycles. The molecule has 1 aliphatic carbocycles. The van der Waals surface area contributed by atoms with Crippen LogP contribution < -0.4 is 4.90 Å². The second-order valence-electron chi connectivity index (χ2n) is 13.8. The van der Waals surface area contributed by atoms with Gasteiger partial charge in [-0.1, -0.05) is 129 Å². The van der Waals surface area contributed by atoms with Crippen LogP contribution in [0.25, 0.3) is 60.2 Å². The van der Waals surface area contributed by atoms with E-state index >= 15 is 0 Å². The van der Waals surface area contributed by atoms with E-state index in [0.717, 1.165) is 17.1 Å². The molecule has 0 fully saturated rings. The minimum absolute atomic E-state index is 0.0978. The quantitative estimate of drug-likeness (QED) is 0.176. The molecule has 49 heavy (non-hydrogen) atoms. The van der Waals surface area contributed by atoms with E-state index in [-0.39, 0.29) is 5.41 Å². The lowest BCUT2D eigenvalue weighted by atomic mass is 9.82. The molecule has 2 heteroatoms. The van der Waals surface area contributed by atoms with Gasteiger partial charge in [0.05, 0.1) is 16.7 Å². The molecular weight excluding hydrogens is 593 g/mol. The van der Waals surface area contributed by atoms with Crippen LogP contribution in [0, 0.1) is 0 Å². The normalized spacial score (nSPS) is 13.3. The molecule has 0 atom stereocenters. The van der Waals surface area contributed by atoms with Crippen molar-refractivity contribution in [3.05, 3.63) is 181 Å². The van der Waals surface area contributed by atoms with Crippen molar-refractivity contribution in [3.63, 3.8) is 0 Å². The third-order valence-electron chi connectivity index (χ3n) is 10.8. The van der Waals surface area contributed by atoms with Gasteiger partial charge >= 0.3 is 0 Å². The van der Waals surface area contributed by atoms with E-state index in [1.165, 1.54) is 71.3 Å². The first-order chi connectivity index (χ1) is 24.1. The predicted molar refractivity (Wildman–Crippen MR) is 208 cm³/mol. The third-order valence-corrected chi connectivity index (χ3v) is 10.8. The molecule has 1 aromatic heterocycles. The van der Waals surface area contributed by atoms with E-state index in [4.69, 9.17) is 0 Å². The number of fused-ring (bicyclic) bond motifs is 9. The first-order valence-electron chi connectivity index (χ1n) is 17.1. The van der Waals surface area contributed by atoms with E-state index in [9.17, 15) is 0 Å². The molecule has 0 amide bonds. The van der Waals surface area contributed by atoms with Gasteiger partial charge in [-0.3, -0.25) is 0 Å². The van der Waals surface area contributed by atoms with Crippen molar-refractivity contribution < 1.29 is 0 Å². The zero-order chi connectivity index (χ0) is 32.7. The Morgan fingerprint density at radius 1 is 0.449 bits per heavy atom. The van der Waals surface area contributed by atoms with E-state index in [2.05, 4.69) is 193 Å². The molecule has 0 N–H and O–H groups in total. The monoisotopic (exact) mass is 626 g/mol. The number of aromatic nitrogens is 1. The largest absolute Gasteiger partial charge is 0.310 e. The highest BCUT2D eigenvalue weighted by Crippen LogP contribution is 2.51. The number of rotatable bonds is 4. The number of benzene rings is 8. The van der Waals surface area contributed by atoms with Crippen molar-refractivity contribution in [2.45, 2.75) is 19.3 Å². The summed E-state index contributed by atoms with van der Waals surface area (Å²) >= 11 is 0. The first-order valence-corrected chi connectivity index (χ1v) is 17.1. The van der Waals surface area contributed by atoms with Crippen molar-refractivity contribution >= 4 is 60.4 Å². The summed E-state index contributed by atoms with van der Waals surface area (Å²) < 4.78 is 2.39. The first kappa shape index (κ1) is 27.9. The Balaban J connectivity index is 1.21. The van der Waals surface area contributed by atoms with Gasteiger partial charge in [-0.25, -0.2) is 0 Å². The zero-order valence-corrected chi connectivity index (χ0v) is 27.6. The minimum atomic E-state index is -0.0978. The van der Waals surface area contributed by atoms with Crippen LogP contribution >= 0.6 is 0 Å². The number of hydrogen-bond donors (Lipinski definition) is 0. The molecule has 0 aliphatic heterocycles. The van der Waals surface area contributed by atoms with E-state index in [1.807, 2.05) is 0 Å². The summed E-state index contributed by atoms with van der Waals surface area (Å²) in [5.74, 6) is 0. The topological polar surface area (TPSA) is 8.17 Å². The fourth-order valence-electron chi connectivity index (χ4n) is 8.44. The van der Waals surface area contributed by atoms with Crippen LogP contribution in [0.3, 0.4) is 0 Å². The highest BCUT2D eigenvalue weighted by molar-refractivity contribution is 6.15. The molecule has 9 aromatic rings. The Hall–Kier alpha value is -6.12. The van der Waals surface area contributed by atoms with E-state index in [0.29, 0.717) is 0 Å². The Morgan fingerprint density at radius 3 is 1.82 bits per heavy atom. The summed E-state index contributed by atoms with van der Waals surface area (Å²) in [5.41, 5.74) is 12.4. The zero-order valence-electron chi connectivity index (χ0n) is 27.6. The number of nitrogens with zero attached hydrogens (tertiary/aromatic N) is 2. The van der Waals surface area contributed by atoms with Gasteiger partial charge in [-0.2, -0.15) is 0 Å². The maximum atomic E-state index is 2.46. The van der Waals surface area contributed by atoms with Gasteiger partial charge in [0, 0.05) is 38.6 Å². The fraction of sp³-hybridized carbons (Fsp3) is 0.0638. The molecule has 8 aromatic carbocycles. The lowest BCUT2D eigenvalue weighted by Gasteiger charge is -2.29. The van der Waals surface area contributed by atoms with E-state index < -0.39 is 0 Å². The van der Waals surface area contributed by atoms with Crippen LogP contribution in [-0.2, 0) is 5.41 Å². The van der Waals surface area contributed by atoms with Crippen LogP contribution in [0.5, 0.6) is 0 Å². The van der Waals surface area contributed by atoms with Crippen LogP contribution in [0.15, 0.2) is 170 Å². The van der Waals surface area contributed by atoms with Gasteiger partial charge in [-0.15, -0.1) is 0 Å². The smallest absolute Gasteiger partial charge is 0.0546 e. The standard InChI is InChI=1S/C47H34N2/c1-47(2)41-18-8-5-15-37(41)38-29-28-35(30-42(38)47)48(45-21-11-13-32-23-22-31-12-3-4-14-36(31)46(32)45)33-24-26-34(27-25-33)49-43-19-9-6-16-39(43)40-17-7-10-20-44(40)49/h3-30H,1-2H3. The molecule has 1 heterocycles. The van der Waals surface area contributed by atoms with Crippen LogP contribution in [0.4, 0.5) is 17.1 Å². The van der Waals surface area contributed by atoms with Crippen molar-refractivity contribution in [3.8, 4) is 16.8 Å². The molecule has 10 rings (SSSR count).